The number of hydrogen-bond acceptors (Lipinski definition) is 2. The lowest BCUT2D eigenvalue weighted by Gasteiger charge is -2.24. The van der Waals surface area contributed by atoms with E-state index in [-0.39, 0.29) is 5.78 Å². The molecule has 2 heteroatoms. The summed E-state index contributed by atoms with van der Waals surface area (Å²) < 4.78 is 0. The zero-order valence-electron chi connectivity index (χ0n) is 7.81. The third-order valence-electron chi connectivity index (χ3n) is 2.29. The molecule has 0 spiro atoms. The monoisotopic (exact) mass is 157 g/mol. The first-order valence-corrected chi connectivity index (χ1v) is 4.42. The molecule has 0 amide bonds. The maximum absolute atomic E-state index is 11.4. The van der Waals surface area contributed by atoms with Crippen molar-refractivity contribution in [1.82, 2.24) is 0 Å². The third kappa shape index (κ3) is 2.62. The summed E-state index contributed by atoms with van der Waals surface area (Å²) in [6.07, 6.45) is 3.03. The summed E-state index contributed by atoms with van der Waals surface area (Å²) in [6.45, 7) is 5.94. The Hall–Kier alpha value is -0.370. The van der Waals surface area contributed by atoms with Crippen LogP contribution in [0.25, 0.3) is 0 Å². The molecule has 0 aliphatic carbocycles. The SMILES string of the molecule is CCCC(=O)C(N)(CC)CC. The lowest BCUT2D eigenvalue weighted by Crippen LogP contribution is -2.46. The fourth-order valence-corrected chi connectivity index (χ4v) is 1.12. The van der Waals surface area contributed by atoms with Crippen LogP contribution in [0.4, 0.5) is 0 Å². The quantitative estimate of drug-likeness (QED) is 0.662. The lowest BCUT2D eigenvalue weighted by molar-refractivity contribution is -0.124. The van der Waals surface area contributed by atoms with Crippen molar-refractivity contribution in [3.63, 3.8) is 0 Å². The number of ketones is 1. The van der Waals surface area contributed by atoms with E-state index in [1.54, 1.807) is 0 Å². The number of hydrogen-bond donors (Lipinski definition) is 1. The lowest BCUT2D eigenvalue weighted by atomic mass is 9.87. The molecule has 0 saturated heterocycles. The molecule has 0 aliphatic heterocycles. The average Bonchev–Trinajstić information content (AvgIpc) is 2.03. The summed E-state index contributed by atoms with van der Waals surface area (Å²) >= 11 is 0. The van der Waals surface area contributed by atoms with Gasteiger partial charge in [0.05, 0.1) is 5.54 Å². The molecule has 2 N–H and O–H groups in total. The van der Waals surface area contributed by atoms with Crippen LogP contribution in [0.5, 0.6) is 0 Å². The molecule has 0 saturated carbocycles. The van der Waals surface area contributed by atoms with Gasteiger partial charge in [0.25, 0.3) is 0 Å². The normalized spacial score (nSPS) is 11.6. The van der Waals surface area contributed by atoms with Crippen molar-refractivity contribution in [1.29, 1.82) is 0 Å². The first-order valence-electron chi connectivity index (χ1n) is 4.42. The summed E-state index contributed by atoms with van der Waals surface area (Å²) in [7, 11) is 0. The number of nitrogens with two attached hydrogens (primary N) is 1. The maximum atomic E-state index is 11.4. The Kier molecular flexibility index (Phi) is 4.34. The molecular formula is C9H19NO. The van der Waals surface area contributed by atoms with Crippen LogP contribution in [-0.4, -0.2) is 11.3 Å². The van der Waals surface area contributed by atoms with Crippen LogP contribution in [0.2, 0.25) is 0 Å². The molecule has 0 unspecified atom stereocenters. The van der Waals surface area contributed by atoms with Gasteiger partial charge in [-0.15, -0.1) is 0 Å². The van der Waals surface area contributed by atoms with E-state index in [0.717, 1.165) is 19.3 Å². The largest absolute Gasteiger partial charge is 0.319 e. The van der Waals surface area contributed by atoms with Gasteiger partial charge >= 0.3 is 0 Å². The number of carbonyl (C=O) groups excluding carboxylic acids is 1. The zero-order valence-corrected chi connectivity index (χ0v) is 7.81. The second-order valence-electron chi connectivity index (χ2n) is 3.04. The minimum atomic E-state index is -0.546. The van der Waals surface area contributed by atoms with Crippen LogP contribution < -0.4 is 5.73 Å². The molecule has 0 aromatic carbocycles. The van der Waals surface area contributed by atoms with E-state index < -0.39 is 5.54 Å². The van der Waals surface area contributed by atoms with Crippen molar-refractivity contribution in [3.05, 3.63) is 0 Å². The molecule has 0 heterocycles. The van der Waals surface area contributed by atoms with Crippen LogP contribution in [0.1, 0.15) is 46.5 Å². The van der Waals surface area contributed by atoms with E-state index in [4.69, 9.17) is 5.73 Å². The molecule has 0 fully saturated rings. The summed E-state index contributed by atoms with van der Waals surface area (Å²) in [5, 5.41) is 0. The first-order chi connectivity index (χ1) is 5.10. The van der Waals surface area contributed by atoms with Gasteiger partial charge in [-0.2, -0.15) is 0 Å². The Labute approximate surface area is 69.2 Å². The van der Waals surface area contributed by atoms with Gasteiger partial charge in [0.1, 0.15) is 0 Å². The predicted molar refractivity (Wildman–Crippen MR) is 47.4 cm³/mol. The molecule has 0 atom stereocenters. The Bertz CT molecular complexity index is 128. The molecule has 66 valence electrons. The minimum Gasteiger partial charge on any atom is -0.319 e. The second kappa shape index (κ2) is 4.50. The highest BCUT2D eigenvalue weighted by atomic mass is 16.1. The molecule has 0 aromatic heterocycles. The zero-order chi connectivity index (χ0) is 8.91. The standard InChI is InChI=1S/C9H19NO/c1-4-7-8(11)9(10,5-2)6-3/h4-7,10H2,1-3H3. The van der Waals surface area contributed by atoms with E-state index in [0.29, 0.717) is 6.42 Å². The van der Waals surface area contributed by atoms with Crippen molar-refractivity contribution < 1.29 is 4.79 Å². The number of carbonyl (C=O) groups is 1. The number of rotatable bonds is 5. The summed E-state index contributed by atoms with van der Waals surface area (Å²) in [6, 6.07) is 0. The molecule has 0 aliphatic rings. The number of Topliss-reactive ketones (excluding diaryl/α,β-unsaturated/α-hetero) is 1. The van der Waals surface area contributed by atoms with Crippen LogP contribution >= 0.6 is 0 Å². The van der Waals surface area contributed by atoms with E-state index in [9.17, 15) is 4.79 Å². The van der Waals surface area contributed by atoms with Gasteiger partial charge < -0.3 is 5.73 Å². The molecule has 0 aromatic rings. The summed E-state index contributed by atoms with van der Waals surface area (Å²) in [4.78, 5) is 11.4. The van der Waals surface area contributed by atoms with Crippen LogP contribution in [-0.2, 0) is 4.79 Å². The average molecular weight is 157 g/mol. The van der Waals surface area contributed by atoms with E-state index in [2.05, 4.69) is 0 Å². The van der Waals surface area contributed by atoms with Crippen molar-refractivity contribution >= 4 is 5.78 Å². The maximum Gasteiger partial charge on any atom is 0.152 e. The highest BCUT2D eigenvalue weighted by molar-refractivity contribution is 5.87. The van der Waals surface area contributed by atoms with Crippen molar-refractivity contribution in [2.75, 3.05) is 0 Å². The topological polar surface area (TPSA) is 43.1 Å². The van der Waals surface area contributed by atoms with Gasteiger partial charge in [0.2, 0.25) is 0 Å². The molecule has 11 heavy (non-hydrogen) atoms. The summed E-state index contributed by atoms with van der Waals surface area (Å²) in [5.41, 5.74) is 5.33. The predicted octanol–water partition coefficient (Wildman–Crippen LogP) is 1.87. The smallest absolute Gasteiger partial charge is 0.152 e. The van der Waals surface area contributed by atoms with Gasteiger partial charge in [0.15, 0.2) is 5.78 Å². The van der Waals surface area contributed by atoms with Crippen molar-refractivity contribution in [3.8, 4) is 0 Å². The van der Waals surface area contributed by atoms with Crippen LogP contribution in [0, 0.1) is 0 Å². The van der Waals surface area contributed by atoms with Gasteiger partial charge in [-0.1, -0.05) is 20.8 Å². The first kappa shape index (κ1) is 10.6. The van der Waals surface area contributed by atoms with Gasteiger partial charge in [-0.05, 0) is 19.3 Å². The van der Waals surface area contributed by atoms with Crippen LogP contribution in [0.15, 0.2) is 0 Å². The van der Waals surface area contributed by atoms with Gasteiger partial charge in [0, 0.05) is 6.42 Å². The molecule has 2 nitrogen and oxygen atoms in total. The van der Waals surface area contributed by atoms with Crippen LogP contribution in [0.3, 0.4) is 0 Å². The Morgan fingerprint density at radius 2 is 1.73 bits per heavy atom. The van der Waals surface area contributed by atoms with Gasteiger partial charge in [-0.3, -0.25) is 4.79 Å². The minimum absolute atomic E-state index is 0.213. The van der Waals surface area contributed by atoms with E-state index in [1.807, 2.05) is 20.8 Å². The van der Waals surface area contributed by atoms with Crippen molar-refractivity contribution in [2.45, 2.75) is 52.0 Å². The fourth-order valence-electron chi connectivity index (χ4n) is 1.12. The molecule has 0 bridgehead atoms. The Balaban J connectivity index is 4.12. The van der Waals surface area contributed by atoms with Gasteiger partial charge in [-0.25, -0.2) is 0 Å². The summed E-state index contributed by atoms with van der Waals surface area (Å²) in [5.74, 6) is 0.213. The third-order valence-corrected chi connectivity index (χ3v) is 2.29. The van der Waals surface area contributed by atoms with E-state index in [1.165, 1.54) is 0 Å². The molecule has 0 radical (unpaired) electrons. The Morgan fingerprint density at radius 1 is 1.27 bits per heavy atom. The highest BCUT2D eigenvalue weighted by Crippen LogP contribution is 2.15. The Morgan fingerprint density at radius 3 is 2.00 bits per heavy atom. The van der Waals surface area contributed by atoms with E-state index >= 15 is 0 Å². The molecule has 0 rings (SSSR count). The fraction of sp³-hybridized carbons (Fsp3) is 0.889. The second-order valence-corrected chi connectivity index (χ2v) is 3.04. The van der Waals surface area contributed by atoms with Crippen molar-refractivity contribution in [2.24, 2.45) is 5.73 Å². The molecular weight excluding hydrogens is 138 g/mol. The highest BCUT2D eigenvalue weighted by Gasteiger charge is 2.28.